The Kier molecular flexibility index (Phi) is 15.5. The summed E-state index contributed by atoms with van der Waals surface area (Å²) in [6.07, 6.45) is 2.52. The van der Waals surface area contributed by atoms with Crippen LogP contribution in [0.5, 0.6) is 0 Å². The van der Waals surface area contributed by atoms with Crippen molar-refractivity contribution >= 4 is 21.4 Å². The Morgan fingerprint density at radius 1 is 1.22 bits per heavy atom. The van der Waals surface area contributed by atoms with Gasteiger partial charge in [0.15, 0.2) is 0 Å². The van der Waals surface area contributed by atoms with Crippen LogP contribution in [0.1, 0.15) is 19.8 Å². The van der Waals surface area contributed by atoms with Gasteiger partial charge >= 0.3 is 0 Å². The van der Waals surface area contributed by atoms with E-state index < -0.39 is 0 Å². The van der Waals surface area contributed by atoms with Crippen molar-refractivity contribution in [1.29, 1.82) is 0 Å². The maximum Gasteiger partial charge on any atom is 0.0274 e. The molecular weight excluding hydrogens is 144 g/mol. The van der Waals surface area contributed by atoms with E-state index >= 15 is 0 Å². The fraction of sp³-hybridized carbons (Fsp3) is 1.00. The molecule has 58 valence electrons. The Balaban J connectivity index is 0. The summed E-state index contributed by atoms with van der Waals surface area (Å²) in [5.41, 5.74) is 0. The van der Waals surface area contributed by atoms with E-state index in [0.29, 0.717) is 0 Å². The average Bonchev–Trinajstić information content (AvgIpc) is 1.66. The smallest absolute Gasteiger partial charge is 0.0274 e. The normalized spacial score (nSPS) is 8.67. The van der Waals surface area contributed by atoms with Crippen molar-refractivity contribution in [3.63, 3.8) is 0 Å². The molecule has 0 aromatic carbocycles. The molecule has 0 saturated heterocycles. The molecule has 0 aliphatic rings. The van der Waals surface area contributed by atoms with Gasteiger partial charge in [0.2, 0.25) is 0 Å². The second-order valence-electron chi connectivity index (χ2n) is 2.81. The van der Waals surface area contributed by atoms with Crippen LogP contribution >= 0.6 is 12.6 Å². The molecule has 0 N–H and O–H groups in total. The molecule has 0 spiro atoms. The Hall–Kier alpha value is 0.567. The molecule has 2 heteroatoms. The van der Waals surface area contributed by atoms with E-state index in [1.165, 1.54) is 12.8 Å². The second-order valence-corrected chi connectivity index (χ2v) is 6.72. The van der Waals surface area contributed by atoms with E-state index in [1.807, 2.05) is 0 Å². The van der Waals surface area contributed by atoms with Crippen LogP contribution in [-0.4, -0.2) is 14.5 Å². The number of hydrogen-bond donors (Lipinski definition) is 1. The predicted molar refractivity (Wildman–Crippen MR) is 53.5 cm³/mol. The lowest BCUT2D eigenvalue weighted by molar-refractivity contribution is 0.899. The zero-order chi connectivity index (χ0) is 7.70. The highest BCUT2D eigenvalue weighted by molar-refractivity contribution is 7.80. The molecule has 0 aromatic heterocycles. The van der Waals surface area contributed by atoms with Crippen LogP contribution in [0.4, 0.5) is 0 Å². The minimum Gasteiger partial charge on any atom is -0.179 e. The van der Waals surface area contributed by atoms with Crippen molar-refractivity contribution < 1.29 is 0 Å². The highest BCUT2D eigenvalue weighted by atomic mass is 32.1. The zero-order valence-electron chi connectivity index (χ0n) is 7.15. The van der Waals surface area contributed by atoms with Crippen LogP contribution in [0.25, 0.3) is 0 Å². The lowest BCUT2D eigenvalue weighted by Gasteiger charge is -1.78. The van der Waals surface area contributed by atoms with E-state index in [2.05, 4.69) is 39.2 Å². The fourth-order valence-electron chi connectivity index (χ4n) is 0.158. The number of hydrogen-bond acceptors (Lipinski definition) is 1. The van der Waals surface area contributed by atoms with Gasteiger partial charge in [-0.05, 0) is 12.2 Å². The second kappa shape index (κ2) is 11.4. The van der Waals surface area contributed by atoms with Gasteiger partial charge in [0.25, 0.3) is 0 Å². The third kappa shape index (κ3) is 56.1. The molecule has 0 unspecified atom stereocenters. The first kappa shape index (κ1) is 12.3. The van der Waals surface area contributed by atoms with E-state index in [4.69, 9.17) is 0 Å². The molecule has 0 fully saturated rings. The molecule has 0 bridgehead atoms. The monoisotopic (exact) mass is 164 g/mol. The predicted octanol–water partition coefficient (Wildman–Crippen LogP) is 2.82. The largest absolute Gasteiger partial charge is 0.179 e. The molecular formula is C7H20SSi. The third-order valence-electron chi connectivity index (χ3n) is 0.512. The summed E-state index contributed by atoms with van der Waals surface area (Å²) in [5.74, 6) is 1.04. The Morgan fingerprint density at radius 3 is 1.56 bits per heavy atom. The lowest BCUT2D eigenvalue weighted by Crippen LogP contribution is -1.84. The summed E-state index contributed by atoms with van der Waals surface area (Å²) in [5, 5.41) is 0. The minimum atomic E-state index is -0.139. The van der Waals surface area contributed by atoms with E-state index in [1.54, 1.807) is 0 Å². The van der Waals surface area contributed by atoms with Crippen LogP contribution < -0.4 is 0 Å². The van der Waals surface area contributed by atoms with Crippen molar-refractivity contribution in [2.75, 3.05) is 5.75 Å². The van der Waals surface area contributed by atoms with Gasteiger partial charge < -0.3 is 0 Å². The van der Waals surface area contributed by atoms with Gasteiger partial charge in [0, 0.05) is 8.80 Å². The third-order valence-corrected chi connectivity index (χ3v) is 0.828. The van der Waals surface area contributed by atoms with Gasteiger partial charge in [-0.2, -0.15) is 12.6 Å². The number of unbranched alkanes of at least 4 members (excludes halogenated alkanes) is 1. The first-order chi connectivity index (χ1) is 4.15. The molecule has 0 aliphatic carbocycles. The zero-order valence-corrected chi connectivity index (χ0v) is 9.20. The first-order valence-electron chi connectivity index (χ1n) is 3.76. The maximum atomic E-state index is 4.00. The van der Waals surface area contributed by atoms with Crippen molar-refractivity contribution in [2.45, 2.75) is 39.4 Å². The van der Waals surface area contributed by atoms with Crippen molar-refractivity contribution in [3.8, 4) is 0 Å². The van der Waals surface area contributed by atoms with Crippen molar-refractivity contribution in [2.24, 2.45) is 0 Å². The van der Waals surface area contributed by atoms with Gasteiger partial charge in [-0.15, -0.1) is 0 Å². The molecule has 0 nitrogen and oxygen atoms in total. The molecule has 0 saturated carbocycles. The van der Waals surface area contributed by atoms with Crippen LogP contribution in [-0.2, 0) is 0 Å². The first-order valence-corrected chi connectivity index (χ1v) is 7.85. The highest BCUT2D eigenvalue weighted by Gasteiger charge is 1.71. The molecule has 9 heavy (non-hydrogen) atoms. The van der Waals surface area contributed by atoms with Crippen molar-refractivity contribution in [3.05, 3.63) is 0 Å². The molecule has 0 aliphatic heterocycles. The van der Waals surface area contributed by atoms with Crippen LogP contribution in [0.15, 0.2) is 0 Å². The molecule has 0 radical (unpaired) electrons. The summed E-state index contributed by atoms with van der Waals surface area (Å²) in [6.45, 7) is 9.08. The Bertz CT molecular complexity index is 33.1. The molecule has 0 atom stereocenters. The Morgan fingerprint density at radius 2 is 1.56 bits per heavy atom. The SMILES string of the molecule is CCCCS.C[SiH](C)C. The van der Waals surface area contributed by atoms with Gasteiger partial charge in [-0.25, -0.2) is 0 Å². The number of rotatable bonds is 2. The maximum absolute atomic E-state index is 4.00. The fourth-order valence-corrected chi connectivity index (χ4v) is 0.474. The Labute approximate surface area is 67.1 Å². The van der Waals surface area contributed by atoms with Gasteiger partial charge in [-0.1, -0.05) is 33.0 Å². The van der Waals surface area contributed by atoms with Gasteiger partial charge in [-0.3, -0.25) is 0 Å². The summed E-state index contributed by atoms with van der Waals surface area (Å²) in [6, 6.07) is 0. The summed E-state index contributed by atoms with van der Waals surface area (Å²) < 4.78 is 0. The van der Waals surface area contributed by atoms with Gasteiger partial charge in [0.1, 0.15) is 0 Å². The van der Waals surface area contributed by atoms with E-state index in [-0.39, 0.29) is 8.80 Å². The van der Waals surface area contributed by atoms with Crippen molar-refractivity contribution in [1.82, 2.24) is 0 Å². The van der Waals surface area contributed by atoms with E-state index in [9.17, 15) is 0 Å². The minimum absolute atomic E-state index is 0.139. The highest BCUT2D eigenvalue weighted by Crippen LogP contribution is 1.85. The quantitative estimate of drug-likeness (QED) is 0.471. The molecule has 0 aromatic rings. The number of thiol groups is 1. The van der Waals surface area contributed by atoms with E-state index in [0.717, 1.165) is 5.75 Å². The van der Waals surface area contributed by atoms with Crippen LogP contribution in [0, 0.1) is 0 Å². The van der Waals surface area contributed by atoms with Crippen LogP contribution in [0.3, 0.4) is 0 Å². The standard InChI is InChI=1S/C4H10S.C3H10Si/c1-2-3-4-5;1-4(2)3/h5H,2-4H2,1H3;4H,1-3H3. The average molecular weight is 164 g/mol. The van der Waals surface area contributed by atoms with Gasteiger partial charge in [0.05, 0.1) is 0 Å². The molecule has 0 amide bonds. The summed E-state index contributed by atoms with van der Waals surface area (Å²) in [7, 11) is -0.139. The molecule has 0 rings (SSSR count). The topological polar surface area (TPSA) is 0 Å². The molecule has 0 heterocycles. The summed E-state index contributed by atoms with van der Waals surface area (Å²) >= 11 is 4.00. The summed E-state index contributed by atoms with van der Waals surface area (Å²) in [4.78, 5) is 0. The van der Waals surface area contributed by atoms with Crippen LogP contribution in [0.2, 0.25) is 19.6 Å². The lowest BCUT2D eigenvalue weighted by atomic mass is 10.4.